The monoisotopic (exact) mass is 485 g/mol. The first-order valence-corrected chi connectivity index (χ1v) is 10.2. The second-order valence-corrected chi connectivity index (χ2v) is 7.70. The van der Waals surface area contributed by atoms with E-state index in [0.717, 1.165) is 51.1 Å². The minimum Gasteiger partial charge on any atom is -0.355 e. The number of halogens is 1. The van der Waals surface area contributed by atoms with Gasteiger partial charge in [-0.1, -0.05) is 37.3 Å². The van der Waals surface area contributed by atoms with Crippen molar-refractivity contribution >= 4 is 29.9 Å². The number of nitrogens with zero attached hydrogens (tertiary/aromatic N) is 3. The summed E-state index contributed by atoms with van der Waals surface area (Å²) in [5.41, 5.74) is 1.39. The fraction of sp³-hybridized carbons (Fsp3) is 0.667. The number of benzene rings is 1. The number of rotatable bonds is 8. The van der Waals surface area contributed by atoms with Crippen molar-refractivity contribution in [3.8, 4) is 0 Å². The summed E-state index contributed by atoms with van der Waals surface area (Å²) < 4.78 is 0. The zero-order valence-corrected chi connectivity index (χ0v) is 19.4. The van der Waals surface area contributed by atoms with Crippen molar-refractivity contribution in [2.45, 2.75) is 57.8 Å². The van der Waals surface area contributed by atoms with Gasteiger partial charge in [-0.25, -0.2) is 0 Å². The van der Waals surface area contributed by atoms with Crippen LogP contribution in [0.15, 0.2) is 35.3 Å². The maximum Gasteiger partial charge on any atom is 0.191 e. The molecule has 2 aliphatic rings. The van der Waals surface area contributed by atoms with Crippen LogP contribution in [0.25, 0.3) is 0 Å². The Morgan fingerprint density at radius 1 is 1.26 bits per heavy atom. The molecule has 1 saturated heterocycles. The highest BCUT2D eigenvalue weighted by molar-refractivity contribution is 14.0. The molecule has 2 atom stereocenters. The number of likely N-dealkylation sites (N-methyl/N-ethyl adjacent to an activating group) is 1. The number of aliphatic imine (C=N–C) groups is 1. The third-order valence-corrected chi connectivity index (χ3v) is 5.66. The maximum absolute atomic E-state index is 4.43. The predicted molar refractivity (Wildman–Crippen MR) is 125 cm³/mol. The zero-order valence-electron chi connectivity index (χ0n) is 17.0. The van der Waals surface area contributed by atoms with Crippen LogP contribution in [0.1, 0.15) is 38.7 Å². The summed E-state index contributed by atoms with van der Waals surface area (Å²) in [6, 6.07) is 12.7. The fourth-order valence-electron chi connectivity index (χ4n) is 3.99. The Hall–Kier alpha value is -0.860. The molecule has 0 spiro atoms. The molecule has 1 aromatic carbocycles. The molecule has 152 valence electrons. The van der Waals surface area contributed by atoms with E-state index in [1.54, 1.807) is 0 Å². The van der Waals surface area contributed by atoms with Gasteiger partial charge >= 0.3 is 0 Å². The lowest BCUT2D eigenvalue weighted by molar-refractivity contribution is 0.258. The van der Waals surface area contributed by atoms with Crippen LogP contribution in [0.3, 0.4) is 0 Å². The zero-order chi connectivity index (χ0) is 18.4. The van der Waals surface area contributed by atoms with Gasteiger partial charge in [-0.15, -0.1) is 24.0 Å². The van der Waals surface area contributed by atoms with Gasteiger partial charge in [-0.3, -0.25) is 14.8 Å². The van der Waals surface area contributed by atoms with Gasteiger partial charge in [0.2, 0.25) is 0 Å². The highest BCUT2D eigenvalue weighted by Gasteiger charge is 2.30. The van der Waals surface area contributed by atoms with Crippen LogP contribution in [0, 0.1) is 0 Å². The van der Waals surface area contributed by atoms with E-state index in [4.69, 9.17) is 0 Å². The molecule has 2 fully saturated rings. The van der Waals surface area contributed by atoms with Crippen molar-refractivity contribution in [3.63, 3.8) is 0 Å². The molecule has 3 rings (SSSR count). The predicted octanol–water partition coefficient (Wildman–Crippen LogP) is 2.92. The Labute approximate surface area is 182 Å². The summed E-state index contributed by atoms with van der Waals surface area (Å²) in [6.07, 6.45) is 3.91. The number of hydrogen-bond donors (Lipinski definition) is 2. The first kappa shape index (κ1) is 22.4. The van der Waals surface area contributed by atoms with Crippen LogP contribution in [0.5, 0.6) is 0 Å². The van der Waals surface area contributed by atoms with Crippen molar-refractivity contribution in [2.24, 2.45) is 4.99 Å². The SMILES string of the molecule is CCN(CCNC(=NC)NC1CC(C)N(Cc2ccccc2)C1)C1CC1.I. The highest BCUT2D eigenvalue weighted by atomic mass is 127. The van der Waals surface area contributed by atoms with Gasteiger partial charge in [0.15, 0.2) is 5.96 Å². The van der Waals surface area contributed by atoms with Crippen molar-refractivity contribution in [2.75, 3.05) is 33.2 Å². The normalized spacial score (nSPS) is 23.3. The maximum atomic E-state index is 4.43. The Balaban J connectivity index is 0.00000261. The number of hydrogen-bond acceptors (Lipinski definition) is 3. The van der Waals surface area contributed by atoms with Crippen LogP contribution < -0.4 is 10.6 Å². The molecule has 2 unspecified atom stereocenters. The van der Waals surface area contributed by atoms with Gasteiger partial charge in [-0.05, 0) is 38.3 Å². The summed E-state index contributed by atoms with van der Waals surface area (Å²) in [7, 11) is 1.87. The van der Waals surface area contributed by atoms with E-state index < -0.39 is 0 Å². The standard InChI is InChI=1S/C21H35N5.HI/c1-4-25(20-10-11-20)13-12-23-21(22-3)24-19-14-17(2)26(16-19)15-18-8-6-5-7-9-18;/h5-9,17,19-20H,4,10-16H2,1-3H3,(H2,22,23,24);1H. The van der Waals surface area contributed by atoms with Gasteiger partial charge in [0.05, 0.1) is 0 Å². The smallest absolute Gasteiger partial charge is 0.191 e. The number of guanidine groups is 1. The van der Waals surface area contributed by atoms with Gasteiger partial charge < -0.3 is 10.6 Å². The van der Waals surface area contributed by atoms with Crippen molar-refractivity contribution < 1.29 is 0 Å². The summed E-state index contributed by atoms with van der Waals surface area (Å²) in [5, 5.41) is 7.13. The highest BCUT2D eigenvalue weighted by Crippen LogP contribution is 2.25. The molecule has 1 saturated carbocycles. The average Bonchev–Trinajstić information content (AvgIpc) is 3.44. The van der Waals surface area contributed by atoms with E-state index in [-0.39, 0.29) is 24.0 Å². The topological polar surface area (TPSA) is 42.9 Å². The third-order valence-electron chi connectivity index (χ3n) is 5.66. The molecule has 0 radical (unpaired) electrons. The molecular formula is C21H36IN5. The molecule has 5 nitrogen and oxygen atoms in total. The quantitative estimate of drug-likeness (QED) is 0.338. The summed E-state index contributed by atoms with van der Waals surface area (Å²) in [5.74, 6) is 0.940. The van der Waals surface area contributed by atoms with E-state index in [1.807, 2.05) is 7.05 Å². The molecule has 1 aliphatic heterocycles. The lowest BCUT2D eigenvalue weighted by atomic mass is 10.2. The summed E-state index contributed by atoms with van der Waals surface area (Å²) >= 11 is 0. The lowest BCUT2D eigenvalue weighted by Crippen LogP contribution is -2.46. The van der Waals surface area contributed by atoms with E-state index in [2.05, 4.69) is 69.6 Å². The lowest BCUT2D eigenvalue weighted by Gasteiger charge is -2.22. The molecule has 1 aliphatic carbocycles. The molecule has 1 aromatic rings. The minimum atomic E-state index is 0. The molecule has 2 N–H and O–H groups in total. The number of likely N-dealkylation sites (tertiary alicyclic amines) is 1. The van der Waals surface area contributed by atoms with Crippen LogP contribution in [0.2, 0.25) is 0 Å². The van der Waals surface area contributed by atoms with Crippen molar-refractivity contribution in [1.82, 2.24) is 20.4 Å². The second kappa shape index (κ2) is 11.2. The van der Waals surface area contributed by atoms with Crippen molar-refractivity contribution in [3.05, 3.63) is 35.9 Å². The molecule has 0 bridgehead atoms. The Kier molecular flexibility index (Phi) is 9.32. The van der Waals surface area contributed by atoms with E-state index in [0.29, 0.717) is 12.1 Å². The van der Waals surface area contributed by atoms with Gasteiger partial charge in [0, 0.05) is 51.4 Å². The Morgan fingerprint density at radius 2 is 2.00 bits per heavy atom. The Morgan fingerprint density at radius 3 is 2.63 bits per heavy atom. The van der Waals surface area contributed by atoms with Crippen LogP contribution in [0.4, 0.5) is 0 Å². The van der Waals surface area contributed by atoms with Crippen LogP contribution >= 0.6 is 24.0 Å². The summed E-state index contributed by atoms with van der Waals surface area (Å²) in [4.78, 5) is 9.56. The van der Waals surface area contributed by atoms with E-state index in [9.17, 15) is 0 Å². The van der Waals surface area contributed by atoms with Crippen molar-refractivity contribution in [1.29, 1.82) is 0 Å². The van der Waals surface area contributed by atoms with E-state index in [1.165, 1.54) is 18.4 Å². The van der Waals surface area contributed by atoms with Crippen LogP contribution in [-0.4, -0.2) is 67.1 Å². The first-order valence-electron chi connectivity index (χ1n) is 10.2. The largest absolute Gasteiger partial charge is 0.355 e. The molecule has 1 heterocycles. The van der Waals surface area contributed by atoms with Gasteiger partial charge in [-0.2, -0.15) is 0 Å². The molecular weight excluding hydrogens is 449 g/mol. The molecule has 0 amide bonds. The van der Waals surface area contributed by atoms with Gasteiger partial charge in [0.1, 0.15) is 0 Å². The summed E-state index contributed by atoms with van der Waals surface area (Å²) in [6.45, 7) is 9.89. The molecule has 0 aromatic heterocycles. The fourth-order valence-corrected chi connectivity index (χ4v) is 3.99. The van der Waals surface area contributed by atoms with Crippen LogP contribution in [-0.2, 0) is 6.54 Å². The number of nitrogens with one attached hydrogen (secondary N) is 2. The first-order chi connectivity index (χ1) is 12.7. The third kappa shape index (κ3) is 6.91. The minimum absolute atomic E-state index is 0. The Bertz CT molecular complexity index is 575. The molecule has 27 heavy (non-hydrogen) atoms. The van der Waals surface area contributed by atoms with E-state index >= 15 is 0 Å². The molecule has 6 heteroatoms. The van der Waals surface area contributed by atoms with Gasteiger partial charge in [0.25, 0.3) is 0 Å². The second-order valence-electron chi connectivity index (χ2n) is 7.70. The average molecular weight is 485 g/mol.